The van der Waals surface area contributed by atoms with Crippen LogP contribution >= 0.6 is 15.9 Å². The van der Waals surface area contributed by atoms with Crippen molar-refractivity contribution >= 4 is 160 Å². The molecular formula is C131H111B2BrO5. The molecule has 2 aliphatic heterocycles. The summed E-state index contributed by atoms with van der Waals surface area (Å²) >= 11 is 3.61. The maximum Gasteiger partial charge on any atom is 0.494 e. The smallest absolute Gasteiger partial charge is 0.400 e. The Kier molecular flexibility index (Phi) is 19.1. The summed E-state index contributed by atoms with van der Waals surface area (Å²) in [6, 6.07) is 130. The van der Waals surface area contributed by atoms with Crippen LogP contribution in [0.5, 0.6) is 0 Å². The molecule has 2 spiro atoms. The van der Waals surface area contributed by atoms with Crippen molar-refractivity contribution in [1.29, 1.82) is 0 Å². The molecule has 678 valence electrons. The second-order valence-corrected chi connectivity index (χ2v) is 46.1. The fraction of sp³-hybridized carbons (Fsp3) is 0.206. The largest absolute Gasteiger partial charge is 0.494 e. The van der Waals surface area contributed by atoms with Crippen molar-refractivity contribution in [2.45, 2.75) is 167 Å². The molecule has 22 aromatic rings. The second-order valence-electron chi connectivity index (χ2n) is 45.2. The van der Waals surface area contributed by atoms with Crippen molar-refractivity contribution in [3.8, 4) is 66.8 Å². The first-order valence-electron chi connectivity index (χ1n) is 49.4. The van der Waals surface area contributed by atoms with E-state index in [0.29, 0.717) is 0 Å². The lowest BCUT2D eigenvalue weighted by Crippen LogP contribution is -2.41. The van der Waals surface area contributed by atoms with E-state index in [1.54, 1.807) is 0 Å². The predicted molar refractivity (Wildman–Crippen MR) is 592 cm³/mol. The van der Waals surface area contributed by atoms with E-state index < -0.39 is 47.5 Å². The highest BCUT2D eigenvalue weighted by Crippen LogP contribution is 2.67. The van der Waals surface area contributed by atoms with Crippen LogP contribution in [0.3, 0.4) is 0 Å². The summed E-state index contributed by atoms with van der Waals surface area (Å²) in [4.78, 5) is 0. The molecule has 139 heavy (non-hydrogen) atoms. The molecule has 1 N–H and O–H groups in total. The Labute approximate surface area is 823 Å². The number of rotatable bonds is 4. The molecule has 0 atom stereocenters. The van der Waals surface area contributed by atoms with E-state index in [4.69, 9.17) is 23.7 Å². The number of hydrogen-bond donors (Lipinski definition) is 1. The minimum absolute atomic E-state index is 0.0853. The average molecular weight is 1870 g/mol. The van der Waals surface area contributed by atoms with Crippen molar-refractivity contribution in [1.82, 2.24) is 0 Å². The normalized spacial score (nSPS) is 16.3. The molecule has 6 aliphatic rings. The van der Waals surface area contributed by atoms with Gasteiger partial charge in [-0.15, -0.1) is 0 Å². The number of halogens is 1. The van der Waals surface area contributed by atoms with Gasteiger partial charge in [0.1, 0.15) is 0 Å². The lowest BCUT2D eigenvalue weighted by Gasteiger charge is -2.32. The second kappa shape index (κ2) is 30.5. The Hall–Kier alpha value is -13.1. The summed E-state index contributed by atoms with van der Waals surface area (Å²) in [7, 11) is 0.136. The van der Waals surface area contributed by atoms with Crippen molar-refractivity contribution in [2.75, 3.05) is 7.11 Å². The fourth-order valence-electron chi connectivity index (χ4n) is 24.7. The molecule has 28 rings (SSSR count). The third-order valence-corrected chi connectivity index (χ3v) is 33.5. The summed E-state index contributed by atoms with van der Waals surface area (Å²) in [6.07, 6.45) is 0. The van der Waals surface area contributed by atoms with Gasteiger partial charge in [0.25, 0.3) is 0 Å². The molecule has 0 bridgehead atoms. The summed E-state index contributed by atoms with van der Waals surface area (Å²) in [5.41, 5.74) is 30.1. The van der Waals surface area contributed by atoms with Crippen LogP contribution in [0.15, 0.2) is 344 Å². The minimum Gasteiger partial charge on any atom is -0.400 e. The van der Waals surface area contributed by atoms with Gasteiger partial charge in [-0.25, -0.2) is 0 Å². The van der Waals surface area contributed by atoms with Gasteiger partial charge in [-0.05, 0) is 378 Å². The summed E-state index contributed by atoms with van der Waals surface area (Å²) in [6.45, 7) is 37.6. The molecule has 0 saturated carbocycles. The van der Waals surface area contributed by atoms with E-state index in [-0.39, 0.29) is 16.2 Å². The SMILES string of the molecule is CC(C)(C)c1cc2ccc3cc(-c4ccc5c(c4)C4(c6ccccc6-c6ccccc64)c4c-5ccc5cc(-c6cc7ccc8cc(C(C)(C)C)cc9ccc(c6)c7c89)ccc45)cc4ccc(c1)c2c34.CC(C)(C)c1cc2ccc3cc(Br)cc4ccc(c1)c2c34.CC1(C)OB(c2ccc3c(c2)C2(c4ccccc4-c4ccccc42)c2c-3ccc3cc(B4OC(C)(C)C(C)(C)O4)ccc23)OC1(C)C.CO. The van der Waals surface area contributed by atoms with Gasteiger partial charge in [-0.3, -0.25) is 0 Å². The van der Waals surface area contributed by atoms with Crippen LogP contribution in [0.25, 0.3) is 185 Å². The zero-order valence-corrected chi connectivity index (χ0v) is 84.0. The summed E-state index contributed by atoms with van der Waals surface area (Å²) in [5, 5.41) is 36.0. The molecule has 8 heteroatoms. The Morgan fingerprint density at radius 3 is 0.799 bits per heavy atom. The molecule has 2 heterocycles. The van der Waals surface area contributed by atoms with Gasteiger partial charge in [0.15, 0.2) is 0 Å². The maximum absolute atomic E-state index is 7.00. The molecule has 0 amide bonds. The van der Waals surface area contributed by atoms with Gasteiger partial charge in [0.05, 0.1) is 33.2 Å². The lowest BCUT2D eigenvalue weighted by molar-refractivity contribution is 0.00578. The monoisotopic (exact) mass is 1860 g/mol. The standard InChI is InChI=1S/C69H50.C41H40B2O4.C20H17Br.CH4O/c1-67(2,3)52-34-46-19-15-42-30-50(31-43-16-20-47(35-52)64(46)62(42)43)39-23-26-54-41(29-39)25-28-58-57-27-24-40(38-61(57)69(66(54)58)59-13-9-7-11-55(59)56-12-8-10-14-60(56)69)51-32-44-17-21-48-36-53(68(4,5)6)37-49-22-18-45(33-51)63(44)65(48)49;1-37(2)38(3,4)45-42(44-37)26-18-21-28-25(23-26)17-20-32-31-22-19-27(43-46-39(5,6)40(7,8)47-43)24-35(31)41(36(28)32)33-15-11-9-13-29(33)30-14-10-12-16-34(30)41;1-20(2,3)16-8-12-4-6-14-10-17(21)11-15-7-5-13(9-16)18(12)19(14)15;1-2/h7-38H,1-6H3;9-24H,1-8H3;4-11H,1-3H3;2H,1H3. The van der Waals surface area contributed by atoms with Gasteiger partial charge in [0.2, 0.25) is 0 Å². The quantitative estimate of drug-likeness (QED) is 0.141. The number of benzene rings is 22. The van der Waals surface area contributed by atoms with E-state index in [9.17, 15) is 0 Å². The average Bonchev–Trinajstić information content (AvgIpc) is 1.50. The zero-order chi connectivity index (χ0) is 95.8. The van der Waals surface area contributed by atoms with Crippen molar-refractivity contribution in [3.05, 3.63) is 405 Å². The minimum atomic E-state index is -0.497. The molecule has 2 saturated heterocycles. The lowest BCUT2D eigenvalue weighted by atomic mass is 9.67. The first-order chi connectivity index (χ1) is 66.6. The Bertz CT molecular complexity index is 8650. The first-order valence-corrected chi connectivity index (χ1v) is 50.2. The van der Waals surface area contributed by atoms with E-state index in [1.807, 2.05) is 0 Å². The molecule has 0 unspecified atom stereocenters. The van der Waals surface area contributed by atoms with Crippen molar-refractivity contribution in [2.24, 2.45) is 0 Å². The van der Waals surface area contributed by atoms with Crippen LogP contribution < -0.4 is 10.9 Å². The van der Waals surface area contributed by atoms with Crippen LogP contribution in [0.1, 0.15) is 179 Å². The van der Waals surface area contributed by atoms with Gasteiger partial charge in [-0.2, -0.15) is 0 Å². The highest BCUT2D eigenvalue weighted by molar-refractivity contribution is 9.10. The molecule has 5 nitrogen and oxygen atoms in total. The highest BCUT2D eigenvalue weighted by Gasteiger charge is 2.58. The zero-order valence-electron chi connectivity index (χ0n) is 82.4. The van der Waals surface area contributed by atoms with Crippen LogP contribution in [0, 0.1) is 0 Å². The topological polar surface area (TPSA) is 57.2 Å². The Balaban J connectivity index is 0.000000125. The van der Waals surface area contributed by atoms with Crippen LogP contribution in [0.2, 0.25) is 0 Å². The summed E-state index contributed by atoms with van der Waals surface area (Å²) in [5.74, 6) is 0. The first kappa shape index (κ1) is 87.4. The highest BCUT2D eigenvalue weighted by atomic mass is 79.9. The van der Waals surface area contributed by atoms with Gasteiger partial charge in [0, 0.05) is 11.6 Å². The molecule has 2 fully saturated rings. The number of aliphatic hydroxyl groups excluding tert-OH is 1. The number of fused-ring (bicyclic) bond motifs is 24. The molecular weight excluding hydrogens is 1750 g/mol. The van der Waals surface area contributed by atoms with Gasteiger partial charge < -0.3 is 23.7 Å². The molecule has 4 aliphatic carbocycles. The number of hydrogen-bond acceptors (Lipinski definition) is 5. The van der Waals surface area contributed by atoms with E-state index >= 15 is 0 Å². The van der Waals surface area contributed by atoms with Gasteiger partial charge in [-0.1, -0.05) is 369 Å². The van der Waals surface area contributed by atoms with E-state index in [2.05, 4.69) is 473 Å². The van der Waals surface area contributed by atoms with Gasteiger partial charge >= 0.3 is 14.2 Å². The maximum atomic E-state index is 7.00. The van der Waals surface area contributed by atoms with E-state index in [1.165, 1.54) is 246 Å². The fourth-order valence-corrected chi connectivity index (χ4v) is 25.2. The van der Waals surface area contributed by atoms with E-state index in [0.717, 1.165) is 22.5 Å². The Morgan fingerprint density at radius 1 is 0.223 bits per heavy atom. The van der Waals surface area contributed by atoms with Crippen LogP contribution in [0.4, 0.5) is 0 Å². The molecule has 22 aromatic carbocycles. The molecule has 0 aromatic heterocycles. The Morgan fingerprint density at radius 2 is 0.460 bits per heavy atom. The van der Waals surface area contributed by atoms with Crippen LogP contribution in [-0.2, 0) is 45.7 Å². The van der Waals surface area contributed by atoms with Crippen LogP contribution in [-0.4, -0.2) is 48.9 Å². The van der Waals surface area contributed by atoms with Crippen molar-refractivity contribution < 1.29 is 23.7 Å². The third kappa shape index (κ3) is 12.9. The summed E-state index contributed by atoms with van der Waals surface area (Å²) < 4.78 is 27.3. The van der Waals surface area contributed by atoms with Crippen molar-refractivity contribution in [3.63, 3.8) is 0 Å². The predicted octanol–water partition coefficient (Wildman–Crippen LogP) is 32.9. The third-order valence-electron chi connectivity index (χ3n) is 33.1. The molecule has 0 radical (unpaired) electrons. The number of aliphatic hydroxyl groups is 1.